The Morgan fingerprint density at radius 3 is 2.67 bits per heavy atom. The standard InChI is InChI=1S/C13H10N4O6S/c1-14-24(22,23)9-4-2-3-6-10(9)8(17(20)21)5-7-11(6)15-13(18)12(7)16-19/h2-5,14,19H,1H3,(H,15,16,18). The lowest BCUT2D eigenvalue weighted by Gasteiger charge is -2.10. The van der Waals surface area contributed by atoms with Crippen LogP contribution in [-0.2, 0) is 14.8 Å². The summed E-state index contributed by atoms with van der Waals surface area (Å²) in [6.07, 6.45) is 0. The van der Waals surface area contributed by atoms with Gasteiger partial charge in [0.15, 0.2) is 5.71 Å². The number of benzene rings is 2. The molecule has 0 radical (unpaired) electrons. The third-order valence-corrected chi connectivity index (χ3v) is 5.12. The van der Waals surface area contributed by atoms with Crippen molar-refractivity contribution >= 4 is 43.8 Å². The first-order chi connectivity index (χ1) is 11.3. The van der Waals surface area contributed by atoms with E-state index in [1.807, 2.05) is 0 Å². The van der Waals surface area contributed by atoms with Gasteiger partial charge in [0.1, 0.15) is 0 Å². The summed E-state index contributed by atoms with van der Waals surface area (Å²) >= 11 is 0. The first-order valence-corrected chi connectivity index (χ1v) is 8.01. The lowest BCUT2D eigenvalue weighted by molar-refractivity contribution is -0.383. The van der Waals surface area contributed by atoms with Gasteiger partial charge in [-0.25, -0.2) is 13.1 Å². The van der Waals surface area contributed by atoms with E-state index in [9.17, 15) is 23.3 Å². The fraction of sp³-hybridized carbons (Fsp3) is 0.0769. The molecule has 0 spiro atoms. The number of nitrogens with zero attached hydrogens (tertiary/aromatic N) is 2. The van der Waals surface area contributed by atoms with Crippen LogP contribution in [0, 0.1) is 10.1 Å². The van der Waals surface area contributed by atoms with Crippen molar-refractivity contribution in [2.75, 3.05) is 12.4 Å². The minimum Gasteiger partial charge on any atom is -0.410 e. The van der Waals surface area contributed by atoms with Gasteiger partial charge in [-0.1, -0.05) is 17.3 Å². The van der Waals surface area contributed by atoms with E-state index in [-0.39, 0.29) is 32.6 Å². The van der Waals surface area contributed by atoms with Crippen molar-refractivity contribution in [3.63, 3.8) is 0 Å². The lowest BCUT2D eigenvalue weighted by atomic mass is 10.0. The van der Waals surface area contributed by atoms with E-state index >= 15 is 0 Å². The molecule has 11 heteroatoms. The molecule has 1 aliphatic rings. The van der Waals surface area contributed by atoms with Crippen molar-refractivity contribution in [1.82, 2.24) is 4.72 Å². The maximum atomic E-state index is 12.2. The number of fused-ring (bicyclic) bond motifs is 3. The van der Waals surface area contributed by atoms with E-state index < -0.39 is 26.5 Å². The molecule has 1 aliphatic heterocycles. The van der Waals surface area contributed by atoms with Crippen molar-refractivity contribution in [2.24, 2.45) is 5.16 Å². The number of non-ortho nitro benzene ring substituents is 1. The third kappa shape index (κ3) is 2.10. The molecule has 1 amide bonds. The van der Waals surface area contributed by atoms with Gasteiger partial charge in [0.25, 0.3) is 11.6 Å². The van der Waals surface area contributed by atoms with Crippen molar-refractivity contribution < 1.29 is 23.3 Å². The zero-order valence-corrected chi connectivity index (χ0v) is 12.9. The van der Waals surface area contributed by atoms with Gasteiger partial charge in [0.05, 0.1) is 20.9 Å². The van der Waals surface area contributed by atoms with Gasteiger partial charge in [-0.15, -0.1) is 0 Å². The summed E-state index contributed by atoms with van der Waals surface area (Å²) in [5.41, 5.74) is -0.713. The monoisotopic (exact) mass is 350 g/mol. The molecule has 0 unspecified atom stereocenters. The number of amides is 1. The topological polar surface area (TPSA) is 151 Å². The van der Waals surface area contributed by atoms with E-state index in [2.05, 4.69) is 15.2 Å². The van der Waals surface area contributed by atoms with Crippen LogP contribution in [0.15, 0.2) is 34.3 Å². The lowest BCUT2D eigenvalue weighted by Crippen LogP contribution is -2.19. The smallest absolute Gasteiger partial charge is 0.279 e. The zero-order valence-electron chi connectivity index (χ0n) is 12.1. The average molecular weight is 350 g/mol. The minimum atomic E-state index is -3.98. The summed E-state index contributed by atoms with van der Waals surface area (Å²) in [6.45, 7) is 0. The van der Waals surface area contributed by atoms with Crippen molar-refractivity contribution in [1.29, 1.82) is 0 Å². The summed E-state index contributed by atoms with van der Waals surface area (Å²) in [4.78, 5) is 22.2. The normalized spacial score (nSPS) is 15.5. The molecule has 10 nitrogen and oxygen atoms in total. The van der Waals surface area contributed by atoms with Crippen LogP contribution in [0.1, 0.15) is 5.56 Å². The minimum absolute atomic E-state index is 0.0284. The van der Waals surface area contributed by atoms with Gasteiger partial charge in [0.2, 0.25) is 10.0 Å². The van der Waals surface area contributed by atoms with E-state index in [0.717, 1.165) is 6.07 Å². The first-order valence-electron chi connectivity index (χ1n) is 6.53. The molecule has 3 rings (SSSR count). The van der Waals surface area contributed by atoms with Gasteiger partial charge in [-0.05, 0) is 13.1 Å². The molecule has 24 heavy (non-hydrogen) atoms. The summed E-state index contributed by atoms with van der Waals surface area (Å²) < 4.78 is 26.5. The van der Waals surface area contributed by atoms with E-state index in [0.29, 0.717) is 0 Å². The van der Waals surface area contributed by atoms with E-state index in [1.165, 1.54) is 25.2 Å². The fourth-order valence-corrected chi connectivity index (χ4v) is 3.58. The second-order valence-corrected chi connectivity index (χ2v) is 6.72. The van der Waals surface area contributed by atoms with Crippen LogP contribution in [0.4, 0.5) is 11.4 Å². The number of carbonyl (C=O) groups excluding carboxylic acids is 1. The number of rotatable bonds is 3. The Morgan fingerprint density at radius 1 is 1.38 bits per heavy atom. The Bertz CT molecular complexity index is 1040. The Morgan fingerprint density at radius 2 is 2.08 bits per heavy atom. The second kappa shape index (κ2) is 5.25. The van der Waals surface area contributed by atoms with E-state index in [4.69, 9.17) is 5.21 Å². The predicted molar refractivity (Wildman–Crippen MR) is 83.8 cm³/mol. The maximum Gasteiger partial charge on any atom is 0.279 e. The molecule has 0 aliphatic carbocycles. The number of nitrogens with one attached hydrogen (secondary N) is 2. The summed E-state index contributed by atoms with van der Waals surface area (Å²) in [5.74, 6) is -0.740. The van der Waals surface area contributed by atoms with Crippen LogP contribution >= 0.6 is 0 Å². The molecule has 3 N–H and O–H groups in total. The van der Waals surface area contributed by atoms with Crippen LogP contribution < -0.4 is 10.0 Å². The van der Waals surface area contributed by atoms with Gasteiger partial charge in [-0.3, -0.25) is 14.9 Å². The fourth-order valence-electron chi connectivity index (χ4n) is 2.62. The summed E-state index contributed by atoms with van der Waals surface area (Å²) in [7, 11) is -2.79. The maximum absolute atomic E-state index is 12.2. The van der Waals surface area contributed by atoms with Crippen molar-refractivity contribution in [3.05, 3.63) is 39.9 Å². The Hall–Kier alpha value is -3.05. The molecule has 0 aromatic heterocycles. The second-order valence-electron chi connectivity index (χ2n) is 4.86. The highest BCUT2D eigenvalue weighted by Crippen LogP contribution is 2.41. The number of hydrogen-bond donors (Lipinski definition) is 3. The van der Waals surface area contributed by atoms with Gasteiger partial charge < -0.3 is 10.5 Å². The van der Waals surface area contributed by atoms with Gasteiger partial charge in [-0.2, -0.15) is 0 Å². The molecule has 124 valence electrons. The molecule has 0 fully saturated rings. The van der Waals surface area contributed by atoms with Crippen LogP contribution in [0.5, 0.6) is 0 Å². The van der Waals surface area contributed by atoms with Crippen LogP contribution in [0.25, 0.3) is 10.8 Å². The number of hydrogen-bond acceptors (Lipinski definition) is 7. The molecule has 2 aromatic carbocycles. The molecule has 1 heterocycles. The van der Waals surface area contributed by atoms with Crippen molar-refractivity contribution in [3.8, 4) is 0 Å². The van der Waals surface area contributed by atoms with Gasteiger partial charge >= 0.3 is 0 Å². The quantitative estimate of drug-likeness (QED) is 0.423. The SMILES string of the molecule is CNS(=O)(=O)c1cccc2c3c(cc([N+](=O)[O-])c12)/C(=N/O)C(=O)N3. The molecule has 0 saturated carbocycles. The zero-order chi connectivity index (χ0) is 17.6. The van der Waals surface area contributed by atoms with Crippen LogP contribution in [0.3, 0.4) is 0 Å². The first kappa shape index (κ1) is 15.8. The summed E-state index contributed by atoms with van der Waals surface area (Å²) in [6, 6.07) is 5.08. The van der Waals surface area contributed by atoms with Gasteiger partial charge in [0, 0.05) is 17.0 Å². The number of nitro groups is 1. The molecular formula is C13H10N4O6S. The van der Waals surface area contributed by atoms with Crippen molar-refractivity contribution in [2.45, 2.75) is 4.90 Å². The van der Waals surface area contributed by atoms with E-state index in [1.54, 1.807) is 0 Å². The molecule has 0 saturated heterocycles. The number of anilines is 1. The predicted octanol–water partition coefficient (Wildman–Crippen LogP) is 0.786. The molecule has 0 atom stereocenters. The van der Waals surface area contributed by atoms with Crippen LogP contribution in [0.2, 0.25) is 0 Å². The third-order valence-electron chi connectivity index (χ3n) is 3.67. The largest absolute Gasteiger partial charge is 0.410 e. The Kier molecular flexibility index (Phi) is 3.46. The highest BCUT2D eigenvalue weighted by Gasteiger charge is 2.34. The highest BCUT2D eigenvalue weighted by molar-refractivity contribution is 7.89. The summed E-state index contributed by atoms with van der Waals surface area (Å²) in [5, 5.41) is 25.7. The molecule has 2 aromatic rings. The number of nitro benzene ring substituents is 1. The Balaban J connectivity index is 2.54. The number of sulfonamides is 1. The highest BCUT2D eigenvalue weighted by atomic mass is 32.2. The van der Waals surface area contributed by atoms with Crippen LogP contribution in [-0.4, -0.2) is 37.2 Å². The molecule has 0 bridgehead atoms. The Labute approximate surface area is 135 Å². The average Bonchev–Trinajstić information content (AvgIpc) is 2.88. The number of carbonyl (C=O) groups is 1. The number of oxime groups is 1. The molecular weight excluding hydrogens is 340 g/mol.